The van der Waals surface area contributed by atoms with E-state index in [1.165, 1.54) is 16.9 Å². The van der Waals surface area contributed by atoms with Crippen LogP contribution in [0.2, 0.25) is 0 Å². The summed E-state index contributed by atoms with van der Waals surface area (Å²) in [5.74, 6) is -2.83. The molecule has 2 aliphatic rings. The van der Waals surface area contributed by atoms with Gasteiger partial charge in [-0.1, -0.05) is 0 Å². The molecule has 3 N–H and O–H groups in total. The third kappa shape index (κ3) is 3.09. The van der Waals surface area contributed by atoms with Crippen molar-refractivity contribution in [3.05, 3.63) is 45.5 Å². The molecule has 156 valence electrons. The number of anilines is 1. The molecule has 0 radical (unpaired) electrons. The number of nitrogens with zero attached hydrogens (tertiary/aromatic N) is 4. The fourth-order valence-electron chi connectivity index (χ4n) is 3.78. The van der Waals surface area contributed by atoms with E-state index in [1.807, 2.05) is 0 Å². The first kappa shape index (κ1) is 21.2. The standard InChI is InChI=1S/C16H15F2N7O2.2ClH/c17-16(18)8-24(7-15(16)5-19-6-15)11-3-10(23-25-2-1-20-12(11)25)9-4-21-14(27)22-13(9)26;;/h1-4,19H,5-8H2,(H2,21,22,26,27);2*1H. The molecule has 9 nitrogen and oxygen atoms in total. The third-order valence-corrected chi connectivity index (χ3v) is 5.36. The lowest BCUT2D eigenvalue weighted by atomic mass is 9.78. The van der Waals surface area contributed by atoms with E-state index >= 15 is 0 Å². The normalized spacial score (nSPS) is 18.9. The van der Waals surface area contributed by atoms with E-state index in [1.54, 1.807) is 17.2 Å². The molecule has 2 aliphatic heterocycles. The van der Waals surface area contributed by atoms with E-state index in [9.17, 15) is 18.4 Å². The number of aromatic amines is 2. The molecule has 29 heavy (non-hydrogen) atoms. The quantitative estimate of drug-likeness (QED) is 0.532. The summed E-state index contributed by atoms with van der Waals surface area (Å²) in [5.41, 5.74) is -1.04. The van der Waals surface area contributed by atoms with Crippen LogP contribution in [-0.2, 0) is 0 Å². The van der Waals surface area contributed by atoms with Gasteiger partial charge in [-0.15, -0.1) is 24.8 Å². The van der Waals surface area contributed by atoms with Gasteiger partial charge in [-0.05, 0) is 6.07 Å². The molecule has 0 bridgehead atoms. The maximum atomic E-state index is 14.6. The molecule has 2 fully saturated rings. The van der Waals surface area contributed by atoms with Crippen LogP contribution in [0.25, 0.3) is 16.9 Å². The van der Waals surface area contributed by atoms with Crippen LogP contribution in [-0.4, -0.2) is 56.7 Å². The molecule has 1 spiro atoms. The lowest BCUT2D eigenvalue weighted by Crippen LogP contribution is -2.62. The Morgan fingerprint density at radius 2 is 1.90 bits per heavy atom. The zero-order chi connectivity index (χ0) is 18.8. The monoisotopic (exact) mass is 447 g/mol. The average molecular weight is 448 g/mol. The Labute approximate surface area is 174 Å². The van der Waals surface area contributed by atoms with E-state index in [0.29, 0.717) is 11.3 Å². The number of hydrogen-bond acceptors (Lipinski definition) is 6. The first-order valence-electron chi connectivity index (χ1n) is 8.39. The minimum atomic E-state index is -2.83. The highest BCUT2D eigenvalue weighted by molar-refractivity contribution is 5.85. The smallest absolute Gasteiger partial charge is 0.325 e. The minimum absolute atomic E-state index is 0. The van der Waals surface area contributed by atoms with Gasteiger partial charge < -0.3 is 15.2 Å². The number of alkyl halides is 2. The Morgan fingerprint density at radius 3 is 2.52 bits per heavy atom. The molecule has 13 heteroatoms. The largest absolute Gasteiger partial charge is 0.361 e. The van der Waals surface area contributed by atoms with Crippen molar-refractivity contribution in [3.8, 4) is 11.3 Å². The van der Waals surface area contributed by atoms with Crippen molar-refractivity contribution in [3.63, 3.8) is 0 Å². The van der Waals surface area contributed by atoms with Crippen molar-refractivity contribution in [1.29, 1.82) is 0 Å². The molecule has 2 saturated heterocycles. The highest BCUT2D eigenvalue weighted by atomic mass is 35.5. The van der Waals surface area contributed by atoms with Crippen LogP contribution in [0.5, 0.6) is 0 Å². The Hall–Kier alpha value is -2.50. The lowest BCUT2D eigenvalue weighted by molar-refractivity contribution is -0.107. The van der Waals surface area contributed by atoms with Crippen LogP contribution < -0.4 is 21.5 Å². The van der Waals surface area contributed by atoms with Crippen LogP contribution in [0.1, 0.15) is 0 Å². The summed E-state index contributed by atoms with van der Waals surface area (Å²) in [5, 5.41) is 7.26. The van der Waals surface area contributed by atoms with Gasteiger partial charge in [-0.2, -0.15) is 5.10 Å². The van der Waals surface area contributed by atoms with Crippen molar-refractivity contribution in [2.75, 3.05) is 31.1 Å². The second kappa shape index (κ2) is 7.08. The predicted octanol–water partition coefficient (Wildman–Crippen LogP) is 0.661. The summed E-state index contributed by atoms with van der Waals surface area (Å²) >= 11 is 0. The molecular formula is C16H17Cl2F2N7O2. The summed E-state index contributed by atoms with van der Waals surface area (Å²) in [6.45, 7) is 0.279. The number of halogens is 4. The van der Waals surface area contributed by atoms with Gasteiger partial charge in [0.15, 0.2) is 5.65 Å². The van der Waals surface area contributed by atoms with Crippen molar-refractivity contribution in [2.45, 2.75) is 5.92 Å². The maximum absolute atomic E-state index is 14.6. The molecule has 0 aromatic carbocycles. The topological polar surface area (TPSA) is 111 Å². The zero-order valence-corrected chi connectivity index (χ0v) is 16.4. The Bertz CT molecular complexity index is 1170. The second-order valence-corrected chi connectivity index (χ2v) is 7.04. The fraction of sp³-hybridized carbons (Fsp3) is 0.375. The van der Waals surface area contributed by atoms with Crippen molar-refractivity contribution < 1.29 is 8.78 Å². The molecule has 0 atom stereocenters. The Balaban J connectivity index is 0.00000120. The van der Waals surface area contributed by atoms with Gasteiger partial charge >= 0.3 is 5.69 Å². The van der Waals surface area contributed by atoms with Crippen molar-refractivity contribution in [1.82, 2.24) is 29.9 Å². The van der Waals surface area contributed by atoms with Crippen LogP contribution in [0.3, 0.4) is 0 Å². The first-order chi connectivity index (χ1) is 12.9. The molecule has 0 aliphatic carbocycles. The number of nitrogens with one attached hydrogen (secondary N) is 3. The van der Waals surface area contributed by atoms with E-state index in [-0.39, 0.29) is 55.7 Å². The molecule has 5 heterocycles. The van der Waals surface area contributed by atoms with Crippen LogP contribution in [0.15, 0.2) is 34.2 Å². The lowest BCUT2D eigenvalue weighted by Gasteiger charge is -2.42. The first-order valence-corrected chi connectivity index (χ1v) is 8.39. The molecule has 3 aromatic rings. The van der Waals surface area contributed by atoms with Crippen molar-refractivity contribution >= 4 is 36.1 Å². The van der Waals surface area contributed by atoms with Crippen LogP contribution in [0.4, 0.5) is 14.5 Å². The molecule has 0 unspecified atom stereocenters. The highest BCUT2D eigenvalue weighted by Gasteiger charge is 2.63. The summed E-state index contributed by atoms with van der Waals surface area (Å²) in [6.07, 6.45) is 4.35. The summed E-state index contributed by atoms with van der Waals surface area (Å²) in [4.78, 5) is 33.7. The number of rotatable bonds is 2. The van der Waals surface area contributed by atoms with E-state index in [4.69, 9.17) is 0 Å². The average Bonchev–Trinajstić information content (AvgIpc) is 3.14. The van der Waals surface area contributed by atoms with Crippen LogP contribution in [0, 0.1) is 5.41 Å². The Morgan fingerprint density at radius 1 is 1.14 bits per heavy atom. The SMILES string of the molecule is Cl.Cl.O=c1[nH]cc(-c2cc(N3CC(F)(F)C4(CNC4)C3)c3nccn3n2)c(=O)[nH]1. The summed E-state index contributed by atoms with van der Waals surface area (Å²) in [6, 6.07) is 1.56. The number of hydrogen-bond donors (Lipinski definition) is 3. The van der Waals surface area contributed by atoms with Gasteiger partial charge in [-0.25, -0.2) is 23.1 Å². The Kier molecular flexibility index (Phi) is 5.18. The molecular weight excluding hydrogens is 431 g/mol. The van der Waals surface area contributed by atoms with Gasteiger partial charge in [0, 0.05) is 38.2 Å². The fourth-order valence-corrected chi connectivity index (χ4v) is 3.78. The zero-order valence-electron chi connectivity index (χ0n) is 14.8. The third-order valence-electron chi connectivity index (χ3n) is 5.36. The maximum Gasteiger partial charge on any atom is 0.325 e. The molecule has 0 amide bonds. The van der Waals surface area contributed by atoms with Gasteiger partial charge in [-0.3, -0.25) is 9.78 Å². The number of aromatic nitrogens is 5. The van der Waals surface area contributed by atoms with Gasteiger partial charge in [0.25, 0.3) is 11.5 Å². The second-order valence-electron chi connectivity index (χ2n) is 7.04. The van der Waals surface area contributed by atoms with Gasteiger partial charge in [0.1, 0.15) is 5.69 Å². The predicted molar refractivity (Wildman–Crippen MR) is 107 cm³/mol. The summed E-state index contributed by atoms with van der Waals surface area (Å²) in [7, 11) is 0. The van der Waals surface area contributed by atoms with Crippen LogP contribution >= 0.6 is 24.8 Å². The highest BCUT2D eigenvalue weighted by Crippen LogP contribution is 2.48. The van der Waals surface area contributed by atoms with Gasteiger partial charge in [0.2, 0.25) is 0 Å². The van der Waals surface area contributed by atoms with Gasteiger partial charge in [0.05, 0.1) is 23.2 Å². The number of imidazole rings is 1. The minimum Gasteiger partial charge on any atom is -0.361 e. The number of fused-ring (bicyclic) bond motifs is 1. The molecule has 3 aromatic heterocycles. The van der Waals surface area contributed by atoms with E-state index in [2.05, 4.69) is 25.4 Å². The van der Waals surface area contributed by atoms with E-state index < -0.39 is 29.1 Å². The van der Waals surface area contributed by atoms with Crippen molar-refractivity contribution in [2.24, 2.45) is 5.41 Å². The summed E-state index contributed by atoms with van der Waals surface area (Å²) < 4.78 is 30.7. The van der Waals surface area contributed by atoms with E-state index in [0.717, 1.165) is 0 Å². The number of H-pyrrole nitrogens is 2. The molecule has 0 saturated carbocycles. The molecule has 5 rings (SSSR count).